The van der Waals surface area contributed by atoms with Crippen molar-refractivity contribution in [3.05, 3.63) is 0 Å². The molecular formula is C5H11N3OS. The largest absolute Gasteiger partial charge is 0.297 e. The minimum atomic E-state index is 0.583. The van der Waals surface area contributed by atoms with Crippen molar-refractivity contribution in [3.63, 3.8) is 0 Å². The Labute approximate surface area is 65.3 Å². The Balaban J connectivity index is 2.45. The highest BCUT2D eigenvalue weighted by atomic mass is 32.1. The molecule has 1 aliphatic heterocycles. The summed E-state index contributed by atoms with van der Waals surface area (Å²) in [6.45, 7) is 3.22. The zero-order chi connectivity index (χ0) is 7.56. The van der Waals surface area contributed by atoms with E-state index in [0.29, 0.717) is 13.1 Å². The molecule has 0 bridgehead atoms. The molecule has 0 saturated carbocycles. The van der Waals surface area contributed by atoms with Crippen LogP contribution in [0.25, 0.3) is 0 Å². The second-order valence-corrected chi connectivity index (χ2v) is 2.59. The summed E-state index contributed by atoms with van der Waals surface area (Å²) in [6.07, 6.45) is 0.725. The van der Waals surface area contributed by atoms with Gasteiger partial charge in [-0.15, -0.1) is 10.3 Å². The molecule has 0 spiro atoms. The molecule has 5 heteroatoms. The molecule has 1 aliphatic rings. The number of hydrazine groups is 2. The highest BCUT2D eigenvalue weighted by Gasteiger charge is 2.17. The van der Waals surface area contributed by atoms with E-state index < -0.39 is 0 Å². The predicted octanol–water partition coefficient (Wildman–Crippen LogP) is 0.150. The van der Waals surface area contributed by atoms with Crippen LogP contribution in [0.2, 0.25) is 0 Å². The van der Waals surface area contributed by atoms with Crippen LogP contribution in [0.4, 0.5) is 0 Å². The molecule has 0 aromatic heterocycles. The maximum absolute atomic E-state index is 9.12. The van der Waals surface area contributed by atoms with Crippen LogP contribution in [-0.4, -0.2) is 33.6 Å². The van der Waals surface area contributed by atoms with E-state index in [2.05, 4.69) is 5.43 Å². The molecule has 4 nitrogen and oxygen atoms in total. The average Bonchev–Trinajstić information content (AvgIpc) is 1.94. The number of hydroxylamine groups is 1. The normalized spacial score (nSPS) is 22.8. The third-order valence-electron chi connectivity index (χ3n) is 1.37. The molecule has 58 valence electrons. The fourth-order valence-electron chi connectivity index (χ4n) is 0.822. The SMILES string of the molecule is CCN1NC(=S)CCN1O. The fourth-order valence-corrected chi connectivity index (χ4v) is 1.02. The lowest BCUT2D eigenvalue weighted by Crippen LogP contribution is -2.56. The van der Waals surface area contributed by atoms with Crippen molar-refractivity contribution in [3.8, 4) is 0 Å². The molecule has 1 heterocycles. The van der Waals surface area contributed by atoms with Crippen LogP contribution in [0.5, 0.6) is 0 Å². The monoisotopic (exact) mass is 161 g/mol. The molecule has 1 saturated heterocycles. The van der Waals surface area contributed by atoms with Crippen molar-refractivity contribution >= 4 is 17.2 Å². The minimum absolute atomic E-state index is 0.583. The fraction of sp³-hybridized carbons (Fsp3) is 0.800. The van der Waals surface area contributed by atoms with Crippen LogP contribution in [0.15, 0.2) is 0 Å². The van der Waals surface area contributed by atoms with Crippen LogP contribution >= 0.6 is 12.2 Å². The Kier molecular flexibility index (Phi) is 2.56. The van der Waals surface area contributed by atoms with E-state index in [1.54, 1.807) is 5.12 Å². The molecule has 0 aliphatic carbocycles. The molecule has 0 aromatic carbocycles. The Morgan fingerprint density at radius 3 is 3.00 bits per heavy atom. The first-order chi connectivity index (χ1) is 4.74. The first kappa shape index (κ1) is 7.87. The van der Waals surface area contributed by atoms with E-state index in [-0.39, 0.29) is 0 Å². The van der Waals surface area contributed by atoms with Crippen LogP contribution in [0.1, 0.15) is 13.3 Å². The van der Waals surface area contributed by atoms with Crippen LogP contribution in [0.3, 0.4) is 0 Å². The van der Waals surface area contributed by atoms with Crippen molar-refractivity contribution in [1.82, 2.24) is 15.7 Å². The van der Waals surface area contributed by atoms with Gasteiger partial charge in [-0.2, -0.15) is 0 Å². The van der Waals surface area contributed by atoms with Crippen molar-refractivity contribution in [2.75, 3.05) is 13.1 Å². The lowest BCUT2D eigenvalue weighted by Gasteiger charge is -2.33. The van der Waals surface area contributed by atoms with Gasteiger partial charge in [-0.25, -0.2) is 0 Å². The molecular weight excluding hydrogens is 150 g/mol. The summed E-state index contributed by atoms with van der Waals surface area (Å²) in [5.41, 5.74) is 2.86. The Morgan fingerprint density at radius 2 is 2.50 bits per heavy atom. The summed E-state index contributed by atoms with van der Waals surface area (Å²) < 4.78 is 0. The highest BCUT2D eigenvalue weighted by molar-refractivity contribution is 7.80. The van der Waals surface area contributed by atoms with Crippen LogP contribution < -0.4 is 5.43 Å². The Hall–Kier alpha value is -0.230. The van der Waals surface area contributed by atoms with Crippen molar-refractivity contribution in [2.45, 2.75) is 13.3 Å². The summed E-state index contributed by atoms with van der Waals surface area (Å²) in [4.78, 5) is 0.784. The standard InChI is InChI=1S/C5H11N3OS/c1-2-7-6-5(10)3-4-8(7)9/h9H,2-4H2,1H3,(H,6,10). The third kappa shape index (κ3) is 1.63. The van der Waals surface area contributed by atoms with Crippen molar-refractivity contribution in [1.29, 1.82) is 0 Å². The summed E-state index contributed by atoms with van der Waals surface area (Å²) >= 11 is 4.91. The van der Waals surface area contributed by atoms with Gasteiger partial charge in [0.15, 0.2) is 0 Å². The molecule has 1 rings (SSSR count). The Bertz CT molecular complexity index is 141. The summed E-state index contributed by atoms with van der Waals surface area (Å²) in [5.74, 6) is 0. The maximum atomic E-state index is 9.12. The van der Waals surface area contributed by atoms with E-state index in [1.165, 1.54) is 0 Å². The molecule has 0 aromatic rings. The van der Waals surface area contributed by atoms with Gasteiger partial charge in [0.2, 0.25) is 0 Å². The summed E-state index contributed by atoms with van der Waals surface area (Å²) in [7, 11) is 0. The van der Waals surface area contributed by atoms with Gasteiger partial charge in [-0.05, 0) is 6.92 Å². The van der Waals surface area contributed by atoms with Crippen LogP contribution in [-0.2, 0) is 0 Å². The molecule has 2 N–H and O–H groups in total. The zero-order valence-electron chi connectivity index (χ0n) is 5.87. The van der Waals surface area contributed by atoms with Crippen molar-refractivity contribution < 1.29 is 5.21 Å². The second kappa shape index (κ2) is 3.25. The first-order valence-electron chi connectivity index (χ1n) is 3.27. The lowest BCUT2D eigenvalue weighted by atomic mass is 10.4. The highest BCUT2D eigenvalue weighted by Crippen LogP contribution is 2.00. The predicted molar refractivity (Wildman–Crippen MR) is 41.2 cm³/mol. The lowest BCUT2D eigenvalue weighted by molar-refractivity contribution is -0.263. The van der Waals surface area contributed by atoms with Gasteiger partial charge in [-0.3, -0.25) is 10.6 Å². The summed E-state index contributed by atoms with van der Waals surface area (Å²) in [5, 5.41) is 11.8. The molecule has 0 amide bonds. The topological polar surface area (TPSA) is 38.7 Å². The van der Waals surface area contributed by atoms with Gasteiger partial charge in [0.25, 0.3) is 0 Å². The van der Waals surface area contributed by atoms with E-state index in [9.17, 15) is 0 Å². The van der Waals surface area contributed by atoms with Crippen LogP contribution in [0, 0.1) is 0 Å². The average molecular weight is 161 g/mol. The molecule has 0 atom stereocenters. The number of thiocarbonyl (C=S) groups is 1. The minimum Gasteiger partial charge on any atom is -0.297 e. The number of nitrogens with one attached hydrogen (secondary N) is 1. The van der Waals surface area contributed by atoms with Gasteiger partial charge in [-0.1, -0.05) is 12.2 Å². The molecule has 0 radical (unpaired) electrons. The number of rotatable bonds is 1. The molecule has 0 unspecified atom stereocenters. The van der Waals surface area contributed by atoms with Gasteiger partial charge < -0.3 is 0 Å². The van der Waals surface area contributed by atoms with Crippen molar-refractivity contribution in [2.24, 2.45) is 0 Å². The zero-order valence-corrected chi connectivity index (χ0v) is 6.69. The van der Waals surface area contributed by atoms with Gasteiger partial charge >= 0.3 is 0 Å². The quantitative estimate of drug-likeness (QED) is 0.536. The van der Waals surface area contributed by atoms with E-state index >= 15 is 0 Å². The number of nitrogens with zero attached hydrogens (tertiary/aromatic N) is 2. The van der Waals surface area contributed by atoms with Gasteiger partial charge in [0.1, 0.15) is 0 Å². The van der Waals surface area contributed by atoms with E-state index in [1.807, 2.05) is 6.92 Å². The third-order valence-corrected chi connectivity index (χ3v) is 1.67. The molecule has 1 fully saturated rings. The number of hydrogen-bond donors (Lipinski definition) is 2. The van der Waals surface area contributed by atoms with Gasteiger partial charge in [0, 0.05) is 19.5 Å². The maximum Gasteiger partial charge on any atom is 0.0923 e. The van der Waals surface area contributed by atoms with Gasteiger partial charge in [0.05, 0.1) is 4.99 Å². The second-order valence-electron chi connectivity index (χ2n) is 2.10. The summed E-state index contributed by atoms with van der Waals surface area (Å²) in [6, 6.07) is 0. The smallest absolute Gasteiger partial charge is 0.0923 e. The Morgan fingerprint density at radius 1 is 1.80 bits per heavy atom. The van der Waals surface area contributed by atoms with E-state index in [4.69, 9.17) is 17.4 Å². The first-order valence-corrected chi connectivity index (χ1v) is 3.68. The number of hydrogen-bond acceptors (Lipinski definition) is 4. The molecule has 10 heavy (non-hydrogen) atoms. The van der Waals surface area contributed by atoms with E-state index in [0.717, 1.165) is 16.6 Å².